The maximum absolute atomic E-state index is 5.85. The van der Waals surface area contributed by atoms with Gasteiger partial charge < -0.3 is 9.26 Å². The summed E-state index contributed by atoms with van der Waals surface area (Å²) in [5, 5.41) is 4.73. The molecule has 0 spiro atoms. The van der Waals surface area contributed by atoms with E-state index >= 15 is 0 Å². The van der Waals surface area contributed by atoms with Crippen LogP contribution < -0.4 is 0 Å². The third-order valence-electron chi connectivity index (χ3n) is 3.27. The van der Waals surface area contributed by atoms with Crippen molar-refractivity contribution in [2.75, 3.05) is 0 Å². The molecule has 3 rings (SSSR count). The molecular formula is C14H15ClN2O2. The van der Waals surface area contributed by atoms with Gasteiger partial charge in [-0.15, -0.1) is 0 Å². The average molecular weight is 279 g/mol. The lowest BCUT2D eigenvalue weighted by molar-refractivity contribution is 0.0355. The van der Waals surface area contributed by atoms with Gasteiger partial charge in [-0.2, -0.15) is 4.98 Å². The largest absolute Gasteiger partial charge is 0.365 e. The van der Waals surface area contributed by atoms with Gasteiger partial charge in [-0.3, -0.25) is 0 Å². The summed E-state index contributed by atoms with van der Waals surface area (Å²) in [7, 11) is 0. The maximum atomic E-state index is 5.85. The van der Waals surface area contributed by atoms with E-state index in [1.54, 1.807) is 0 Å². The fourth-order valence-corrected chi connectivity index (χ4v) is 2.37. The van der Waals surface area contributed by atoms with Crippen LogP contribution in [0.15, 0.2) is 28.8 Å². The molecule has 1 aromatic heterocycles. The first-order chi connectivity index (χ1) is 9.20. The van der Waals surface area contributed by atoms with E-state index in [9.17, 15) is 0 Å². The molecule has 100 valence electrons. The van der Waals surface area contributed by atoms with E-state index in [4.69, 9.17) is 20.9 Å². The molecule has 2 heterocycles. The Morgan fingerprint density at radius 3 is 2.74 bits per heavy atom. The zero-order chi connectivity index (χ0) is 13.2. The van der Waals surface area contributed by atoms with Crippen LogP contribution in [0.3, 0.4) is 0 Å². The van der Waals surface area contributed by atoms with Crippen LogP contribution in [0.2, 0.25) is 5.02 Å². The Bertz CT molecular complexity index is 553. The van der Waals surface area contributed by atoms with Gasteiger partial charge in [-0.25, -0.2) is 0 Å². The lowest BCUT2D eigenvalue weighted by Crippen LogP contribution is -2.01. The van der Waals surface area contributed by atoms with Crippen molar-refractivity contribution in [3.05, 3.63) is 46.6 Å². The molecule has 1 aliphatic rings. The molecule has 1 fully saturated rings. The Morgan fingerprint density at radius 1 is 1.26 bits per heavy atom. The van der Waals surface area contributed by atoms with E-state index < -0.39 is 0 Å². The van der Waals surface area contributed by atoms with Crippen LogP contribution in [-0.2, 0) is 11.2 Å². The van der Waals surface area contributed by atoms with Gasteiger partial charge in [0.1, 0.15) is 6.10 Å². The third kappa shape index (κ3) is 2.96. The molecule has 1 aliphatic heterocycles. The smallest absolute Gasteiger partial charge is 0.255 e. The van der Waals surface area contributed by atoms with Crippen molar-refractivity contribution in [3.8, 4) is 0 Å². The number of halogens is 1. The fourth-order valence-electron chi connectivity index (χ4n) is 2.24. The highest BCUT2D eigenvalue weighted by atomic mass is 35.5. The summed E-state index contributed by atoms with van der Waals surface area (Å²) in [6.45, 7) is 2.06. The van der Waals surface area contributed by atoms with E-state index in [1.165, 1.54) is 0 Å². The molecule has 5 heteroatoms. The van der Waals surface area contributed by atoms with Crippen molar-refractivity contribution in [1.82, 2.24) is 10.1 Å². The van der Waals surface area contributed by atoms with Gasteiger partial charge in [-0.05, 0) is 37.5 Å². The molecule has 4 nitrogen and oxygen atoms in total. The van der Waals surface area contributed by atoms with Crippen molar-refractivity contribution >= 4 is 11.6 Å². The first-order valence-corrected chi connectivity index (χ1v) is 6.81. The second-order valence-corrected chi connectivity index (χ2v) is 5.30. The average Bonchev–Trinajstić information content (AvgIpc) is 3.01. The maximum Gasteiger partial charge on any atom is 0.255 e. The molecule has 1 aromatic carbocycles. The number of rotatable bonds is 3. The molecule has 0 bridgehead atoms. The SMILES string of the molecule is C[C@@H]1CC[C@H](c2nc(Cc3ccc(Cl)cc3)no2)O1. The summed E-state index contributed by atoms with van der Waals surface area (Å²) in [6.07, 6.45) is 2.87. The Morgan fingerprint density at radius 2 is 2.05 bits per heavy atom. The van der Waals surface area contributed by atoms with Gasteiger partial charge in [0.15, 0.2) is 5.82 Å². The minimum absolute atomic E-state index is 0.0403. The Hall–Kier alpha value is -1.39. The van der Waals surface area contributed by atoms with Gasteiger partial charge in [0.2, 0.25) is 0 Å². The molecule has 0 N–H and O–H groups in total. The van der Waals surface area contributed by atoms with Crippen LogP contribution in [-0.4, -0.2) is 16.2 Å². The molecule has 19 heavy (non-hydrogen) atoms. The molecule has 0 aliphatic carbocycles. The molecule has 1 saturated heterocycles. The van der Waals surface area contributed by atoms with Crippen molar-refractivity contribution in [2.45, 2.75) is 38.4 Å². The second kappa shape index (κ2) is 5.31. The topological polar surface area (TPSA) is 48.2 Å². The van der Waals surface area contributed by atoms with E-state index in [1.807, 2.05) is 24.3 Å². The van der Waals surface area contributed by atoms with Crippen LogP contribution in [0, 0.1) is 0 Å². The summed E-state index contributed by atoms with van der Waals surface area (Å²) in [4.78, 5) is 4.41. The number of hydrogen-bond acceptors (Lipinski definition) is 4. The highest BCUT2D eigenvalue weighted by molar-refractivity contribution is 6.30. The molecule has 2 atom stereocenters. The van der Waals surface area contributed by atoms with Crippen molar-refractivity contribution in [3.63, 3.8) is 0 Å². The van der Waals surface area contributed by atoms with Gasteiger partial charge in [-0.1, -0.05) is 28.9 Å². The molecule has 2 aromatic rings. The normalized spacial score (nSPS) is 22.8. The lowest BCUT2D eigenvalue weighted by atomic mass is 10.1. The van der Waals surface area contributed by atoms with Crippen molar-refractivity contribution < 1.29 is 9.26 Å². The van der Waals surface area contributed by atoms with E-state index in [-0.39, 0.29) is 12.2 Å². The van der Waals surface area contributed by atoms with Crippen LogP contribution >= 0.6 is 11.6 Å². The quantitative estimate of drug-likeness (QED) is 0.861. The summed E-state index contributed by atoms with van der Waals surface area (Å²) in [5.74, 6) is 1.27. The van der Waals surface area contributed by atoms with Crippen molar-refractivity contribution in [1.29, 1.82) is 0 Å². The van der Waals surface area contributed by atoms with Crippen LogP contribution in [0.25, 0.3) is 0 Å². The predicted molar refractivity (Wildman–Crippen MR) is 71.1 cm³/mol. The van der Waals surface area contributed by atoms with Gasteiger partial charge in [0.05, 0.1) is 6.10 Å². The second-order valence-electron chi connectivity index (χ2n) is 4.86. The predicted octanol–water partition coefficient (Wildman–Crippen LogP) is 3.55. The molecule has 0 unspecified atom stereocenters. The van der Waals surface area contributed by atoms with E-state index in [2.05, 4.69) is 17.1 Å². The number of hydrogen-bond donors (Lipinski definition) is 0. The third-order valence-corrected chi connectivity index (χ3v) is 3.52. The summed E-state index contributed by atoms with van der Waals surface area (Å²) in [5.41, 5.74) is 1.11. The first kappa shape index (κ1) is 12.6. The standard InChI is InChI=1S/C14H15ClN2O2/c1-9-2-7-12(18-9)14-16-13(17-19-14)8-10-3-5-11(15)6-4-10/h3-6,9,12H,2,7-8H2,1H3/t9-,12-/m1/s1. The minimum atomic E-state index is -0.0403. The molecule has 0 amide bonds. The monoisotopic (exact) mass is 278 g/mol. The summed E-state index contributed by atoms with van der Waals surface area (Å²) in [6, 6.07) is 7.65. The van der Waals surface area contributed by atoms with Gasteiger partial charge in [0, 0.05) is 11.4 Å². The van der Waals surface area contributed by atoms with Gasteiger partial charge >= 0.3 is 0 Å². The first-order valence-electron chi connectivity index (χ1n) is 6.43. The molecular weight excluding hydrogens is 264 g/mol. The zero-order valence-corrected chi connectivity index (χ0v) is 11.4. The van der Waals surface area contributed by atoms with Gasteiger partial charge in [0.25, 0.3) is 5.89 Å². The molecule has 0 radical (unpaired) electrons. The zero-order valence-electron chi connectivity index (χ0n) is 10.7. The molecule has 0 saturated carbocycles. The number of aromatic nitrogens is 2. The van der Waals surface area contributed by atoms with Crippen LogP contribution in [0.5, 0.6) is 0 Å². The van der Waals surface area contributed by atoms with E-state index in [0.717, 1.165) is 23.4 Å². The lowest BCUT2D eigenvalue weighted by Gasteiger charge is -2.04. The Balaban J connectivity index is 1.69. The summed E-state index contributed by atoms with van der Waals surface area (Å²) < 4.78 is 11.0. The minimum Gasteiger partial charge on any atom is -0.365 e. The van der Waals surface area contributed by atoms with E-state index in [0.29, 0.717) is 18.1 Å². The van der Waals surface area contributed by atoms with Crippen LogP contribution in [0.1, 0.15) is 43.1 Å². The summed E-state index contributed by atoms with van der Waals surface area (Å²) >= 11 is 5.85. The number of nitrogens with zero attached hydrogens (tertiary/aromatic N) is 2. The Kier molecular flexibility index (Phi) is 3.53. The Labute approximate surface area is 116 Å². The fraction of sp³-hybridized carbons (Fsp3) is 0.429. The number of benzene rings is 1. The van der Waals surface area contributed by atoms with Crippen molar-refractivity contribution in [2.24, 2.45) is 0 Å². The highest BCUT2D eigenvalue weighted by Crippen LogP contribution is 2.31. The van der Waals surface area contributed by atoms with Crippen LogP contribution in [0.4, 0.5) is 0 Å². The number of ether oxygens (including phenoxy) is 1. The highest BCUT2D eigenvalue weighted by Gasteiger charge is 2.28.